The third kappa shape index (κ3) is 13.0. The quantitative estimate of drug-likeness (QED) is 0.0961. The molecule has 0 saturated carbocycles. The number of rotatable bonds is 12. The Hall–Kier alpha value is -6.22. The van der Waals surface area contributed by atoms with Crippen molar-refractivity contribution in [2.75, 3.05) is 69.0 Å². The van der Waals surface area contributed by atoms with E-state index in [-0.39, 0.29) is 53.3 Å². The topological polar surface area (TPSA) is 151 Å². The lowest BCUT2D eigenvalue weighted by atomic mass is 10.1. The number of nitrogens with zero attached hydrogens (tertiary/aromatic N) is 6. The molecule has 2 saturated heterocycles. The zero-order valence-corrected chi connectivity index (χ0v) is 35.6. The van der Waals surface area contributed by atoms with E-state index in [0.717, 1.165) is 12.1 Å². The molecule has 7 rings (SSSR count). The number of anilines is 2. The molecule has 0 unspecified atom stereocenters. The molecule has 2 aliphatic heterocycles. The highest BCUT2D eigenvalue weighted by Crippen LogP contribution is 2.29. The highest BCUT2D eigenvalue weighted by atomic mass is 35.5. The van der Waals surface area contributed by atoms with Gasteiger partial charge in [0.2, 0.25) is 5.89 Å². The van der Waals surface area contributed by atoms with Gasteiger partial charge in [-0.05, 0) is 54.6 Å². The maximum atomic E-state index is 14.9. The second-order valence-electron chi connectivity index (χ2n) is 14.2. The first kappa shape index (κ1) is 48.2. The Labute approximate surface area is 377 Å². The number of alkyl halides is 4. The monoisotopic (exact) mass is 949 g/mol. The Bertz CT molecular complexity index is 2470. The molecule has 0 atom stereocenters. The summed E-state index contributed by atoms with van der Waals surface area (Å²) in [7, 11) is 0. The second kappa shape index (κ2) is 22.6. The molecule has 0 spiro atoms. The highest BCUT2D eigenvalue weighted by Gasteiger charge is 2.28. The van der Waals surface area contributed by atoms with Gasteiger partial charge in [-0.1, -0.05) is 53.5 Å². The number of aromatic nitrogens is 2. The van der Waals surface area contributed by atoms with Crippen molar-refractivity contribution in [3.8, 4) is 11.5 Å². The molecule has 1 aromatic heterocycles. The fourth-order valence-electron chi connectivity index (χ4n) is 6.46. The van der Waals surface area contributed by atoms with Crippen LogP contribution >= 0.6 is 23.2 Å². The van der Waals surface area contributed by atoms with Crippen molar-refractivity contribution in [1.29, 1.82) is 0 Å². The molecule has 22 heteroatoms. The van der Waals surface area contributed by atoms with Crippen molar-refractivity contribution >= 4 is 58.3 Å². The second-order valence-corrected chi connectivity index (χ2v) is 15.1. The standard InChI is InChI=1S/C22H21ClF3N3O4.C21H18ClF3N4O3/c23-16-2-1-3-17(11-16)29(22(32)28-6-8-33-9-7-28)13-15-5-4-14(10-18(15)24)19(30)12-27-21(31)20(25)26;22-15-2-1-3-16(11-15)29(21(30)28-6-8-31-9-7-28)12-14-5-4-13(10-17(14)23)19-26-27-20(32-19)18(24)25/h1-5,10-11,20H,6-9,12-13H2,(H,27,31);1-5,10-11,18H,6-9,12H2. The maximum Gasteiger partial charge on any atom is 0.324 e. The van der Waals surface area contributed by atoms with Gasteiger partial charge < -0.3 is 29.0 Å². The van der Waals surface area contributed by atoms with Gasteiger partial charge in [0.1, 0.15) is 11.6 Å². The molecule has 4 aromatic carbocycles. The van der Waals surface area contributed by atoms with E-state index in [1.54, 1.807) is 63.6 Å². The van der Waals surface area contributed by atoms with Crippen LogP contribution in [0.25, 0.3) is 11.5 Å². The fourth-order valence-corrected chi connectivity index (χ4v) is 6.83. The number of nitrogens with one attached hydrogen (secondary N) is 1. The fraction of sp³-hybridized carbons (Fsp3) is 0.302. The minimum atomic E-state index is -3.25. The van der Waals surface area contributed by atoms with Crippen LogP contribution in [0.1, 0.15) is 33.8 Å². The number of Topliss-reactive ketones (excluding diaryl/α,β-unsaturated/α-hetero) is 1. The van der Waals surface area contributed by atoms with E-state index in [0.29, 0.717) is 74.0 Å². The average molecular weight is 951 g/mol. The van der Waals surface area contributed by atoms with Crippen molar-refractivity contribution in [3.05, 3.63) is 129 Å². The number of carbonyl (C=O) groups is 4. The molecule has 5 amide bonds. The van der Waals surface area contributed by atoms with Crippen LogP contribution in [0.3, 0.4) is 0 Å². The third-order valence-electron chi connectivity index (χ3n) is 9.85. The number of hydrogen-bond acceptors (Lipinski definition) is 9. The number of morpholine rings is 2. The minimum Gasteiger partial charge on any atom is -0.415 e. The predicted molar refractivity (Wildman–Crippen MR) is 225 cm³/mol. The number of benzene rings is 4. The molecule has 3 heterocycles. The van der Waals surface area contributed by atoms with E-state index >= 15 is 0 Å². The van der Waals surface area contributed by atoms with E-state index in [1.165, 1.54) is 34.1 Å². The molecule has 0 bridgehead atoms. The zero-order chi connectivity index (χ0) is 46.6. The van der Waals surface area contributed by atoms with Crippen LogP contribution in [-0.2, 0) is 27.4 Å². The minimum absolute atomic E-state index is 0.0746. The van der Waals surface area contributed by atoms with Gasteiger partial charge in [0, 0.05) is 69.9 Å². The molecule has 5 aromatic rings. The van der Waals surface area contributed by atoms with Gasteiger partial charge in [0.15, 0.2) is 5.78 Å². The molecular weight excluding hydrogens is 911 g/mol. The first-order valence-electron chi connectivity index (χ1n) is 19.8. The molecule has 65 heavy (non-hydrogen) atoms. The Morgan fingerprint density at radius 1 is 0.677 bits per heavy atom. The molecule has 344 valence electrons. The molecule has 14 nitrogen and oxygen atoms in total. The maximum absolute atomic E-state index is 14.9. The zero-order valence-electron chi connectivity index (χ0n) is 34.1. The van der Waals surface area contributed by atoms with Crippen molar-refractivity contribution in [2.45, 2.75) is 25.9 Å². The lowest BCUT2D eigenvalue weighted by Gasteiger charge is -2.33. The van der Waals surface area contributed by atoms with Crippen LogP contribution in [0.4, 0.5) is 47.3 Å². The smallest absolute Gasteiger partial charge is 0.324 e. The Kier molecular flexibility index (Phi) is 16.8. The summed E-state index contributed by atoms with van der Waals surface area (Å²) < 4.78 is 95.1. The Morgan fingerprint density at radius 3 is 1.63 bits per heavy atom. The van der Waals surface area contributed by atoms with Gasteiger partial charge in [-0.25, -0.2) is 18.4 Å². The average Bonchev–Trinajstić information content (AvgIpc) is 3.81. The van der Waals surface area contributed by atoms with Gasteiger partial charge in [-0.15, -0.1) is 10.2 Å². The number of urea groups is 2. The van der Waals surface area contributed by atoms with Crippen molar-refractivity contribution in [2.24, 2.45) is 0 Å². The normalized spacial score (nSPS) is 13.9. The summed E-state index contributed by atoms with van der Waals surface area (Å²) in [6.07, 6.45) is -6.17. The van der Waals surface area contributed by atoms with Crippen molar-refractivity contribution in [3.63, 3.8) is 0 Å². The largest absolute Gasteiger partial charge is 0.415 e. The number of amides is 5. The van der Waals surface area contributed by atoms with E-state index in [1.807, 2.05) is 0 Å². The summed E-state index contributed by atoms with van der Waals surface area (Å²) in [6, 6.07) is 20.2. The highest BCUT2D eigenvalue weighted by molar-refractivity contribution is 6.31. The molecule has 1 N–H and O–H groups in total. The Morgan fingerprint density at radius 2 is 1.18 bits per heavy atom. The number of ketones is 1. The van der Waals surface area contributed by atoms with E-state index < -0.39 is 48.6 Å². The first-order chi connectivity index (χ1) is 31.2. The van der Waals surface area contributed by atoms with Gasteiger partial charge in [-0.2, -0.15) is 17.6 Å². The molecule has 0 aliphatic carbocycles. The van der Waals surface area contributed by atoms with Crippen LogP contribution in [0.2, 0.25) is 10.0 Å². The third-order valence-corrected chi connectivity index (χ3v) is 10.3. The van der Waals surface area contributed by atoms with Crippen LogP contribution in [0.15, 0.2) is 89.3 Å². The molecule has 2 fully saturated rings. The lowest BCUT2D eigenvalue weighted by molar-refractivity contribution is -0.131. The number of hydrogen-bond donors (Lipinski definition) is 1. The summed E-state index contributed by atoms with van der Waals surface area (Å²) in [5.41, 5.74) is 1.37. The van der Waals surface area contributed by atoms with E-state index in [9.17, 15) is 45.5 Å². The van der Waals surface area contributed by atoms with Gasteiger partial charge in [-0.3, -0.25) is 19.4 Å². The summed E-state index contributed by atoms with van der Waals surface area (Å²) in [6.45, 7) is 2.32. The van der Waals surface area contributed by atoms with Crippen LogP contribution in [-0.4, -0.2) is 109 Å². The summed E-state index contributed by atoms with van der Waals surface area (Å²) in [5, 5.41) is 9.39. The molecule has 0 radical (unpaired) electrons. The SMILES string of the molecule is O=C(CNC(=O)C(F)F)c1ccc(CN(C(=O)N2CCOCC2)c2cccc(Cl)c2)c(F)c1.O=C(N1CCOCC1)N(Cc1ccc(-c2nnc(C(F)F)o2)cc1F)c1cccc(Cl)c1. The Balaban J connectivity index is 0.000000215. The molecule has 2 aliphatic rings. The molecular formula is C43H39Cl2F6N7O7. The number of carbonyl (C=O) groups excluding carboxylic acids is 4. The summed E-state index contributed by atoms with van der Waals surface area (Å²) >= 11 is 12.2. The van der Waals surface area contributed by atoms with E-state index in [2.05, 4.69) is 10.2 Å². The summed E-state index contributed by atoms with van der Waals surface area (Å²) in [4.78, 5) is 55.4. The van der Waals surface area contributed by atoms with Gasteiger partial charge in [0.05, 0.1) is 46.1 Å². The van der Waals surface area contributed by atoms with E-state index in [4.69, 9.17) is 37.1 Å². The van der Waals surface area contributed by atoms with Crippen LogP contribution in [0, 0.1) is 11.6 Å². The number of halogens is 8. The van der Waals surface area contributed by atoms with Gasteiger partial charge >= 0.3 is 24.9 Å². The first-order valence-corrected chi connectivity index (χ1v) is 20.5. The van der Waals surface area contributed by atoms with Crippen LogP contribution < -0.4 is 15.1 Å². The van der Waals surface area contributed by atoms with Crippen LogP contribution in [0.5, 0.6) is 0 Å². The van der Waals surface area contributed by atoms with Crippen molar-refractivity contribution in [1.82, 2.24) is 25.3 Å². The lowest BCUT2D eigenvalue weighted by Crippen LogP contribution is -2.48. The van der Waals surface area contributed by atoms with Crippen molar-refractivity contribution < 1.29 is 59.4 Å². The van der Waals surface area contributed by atoms with Gasteiger partial charge in [0.25, 0.3) is 11.8 Å². The predicted octanol–water partition coefficient (Wildman–Crippen LogP) is 8.43. The number of ether oxygens (including phenoxy) is 2. The summed E-state index contributed by atoms with van der Waals surface area (Å²) in [5.74, 6) is -4.79.